The van der Waals surface area contributed by atoms with E-state index in [9.17, 15) is 4.79 Å². The van der Waals surface area contributed by atoms with Gasteiger partial charge < -0.3 is 4.74 Å². The number of hydrogen-bond acceptors (Lipinski definition) is 2. The zero-order valence-electron chi connectivity index (χ0n) is 11.7. The number of esters is 1. The van der Waals surface area contributed by atoms with Gasteiger partial charge in [0.05, 0.1) is 12.7 Å². The molecule has 0 heterocycles. The van der Waals surface area contributed by atoms with Crippen LogP contribution in [0, 0.1) is 0 Å². The fourth-order valence-corrected chi connectivity index (χ4v) is 1.86. The number of carbonyl (C=O) groups is 1. The molecule has 0 aromatic heterocycles. The molecular weight excluding hydrogens is 224 g/mol. The number of rotatable bonds is 5. The second kappa shape index (κ2) is 5.85. The molecule has 1 rings (SSSR count). The molecule has 18 heavy (non-hydrogen) atoms. The summed E-state index contributed by atoms with van der Waals surface area (Å²) in [5.74, 6) is -0.285. The molecule has 0 N–H and O–H groups in total. The van der Waals surface area contributed by atoms with E-state index in [1.165, 1.54) is 12.7 Å². The zero-order valence-corrected chi connectivity index (χ0v) is 11.7. The molecule has 0 amide bonds. The van der Waals surface area contributed by atoms with E-state index in [0.717, 1.165) is 18.4 Å². The van der Waals surface area contributed by atoms with Crippen molar-refractivity contribution in [3.05, 3.63) is 47.5 Å². The first kappa shape index (κ1) is 14.5. The highest BCUT2D eigenvalue weighted by molar-refractivity contribution is 5.89. The maximum absolute atomic E-state index is 11.5. The van der Waals surface area contributed by atoms with Crippen LogP contribution in [0.5, 0.6) is 0 Å². The summed E-state index contributed by atoms with van der Waals surface area (Å²) in [6.45, 7) is 10.4. The molecule has 0 bridgehead atoms. The van der Waals surface area contributed by atoms with Crippen molar-refractivity contribution in [3.63, 3.8) is 0 Å². The lowest BCUT2D eigenvalue weighted by atomic mass is 9.79. The summed E-state index contributed by atoms with van der Waals surface area (Å²) in [5, 5.41) is 0. The number of carbonyl (C=O) groups excluding carboxylic acids is 1. The molecule has 0 spiro atoms. The maximum Gasteiger partial charge on any atom is 0.337 e. The summed E-state index contributed by atoms with van der Waals surface area (Å²) in [7, 11) is 1.40. The van der Waals surface area contributed by atoms with E-state index < -0.39 is 0 Å². The minimum Gasteiger partial charge on any atom is -0.465 e. The molecule has 2 nitrogen and oxygen atoms in total. The molecule has 1 aromatic carbocycles. The molecule has 0 aliphatic rings. The van der Waals surface area contributed by atoms with Crippen molar-refractivity contribution < 1.29 is 9.53 Å². The lowest BCUT2D eigenvalue weighted by Gasteiger charge is -2.25. The van der Waals surface area contributed by atoms with Crippen LogP contribution >= 0.6 is 0 Å². The topological polar surface area (TPSA) is 26.3 Å². The normalized spacial score (nSPS) is 11.1. The Kier molecular flexibility index (Phi) is 4.71. The Bertz CT molecular complexity index is 444. The summed E-state index contributed by atoms with van der Waals surface area (Å²) >= 11 is 0. The Morgan fingerprint density at radius 3 is 2.61 bits per heavy atom. The fraction of sp³-hybridized carbons (Fsp3) is 0.438. The Hall–Kier alpha value is -1.57. The van der Waals surface area contributed by atoms with Crippen molar-refractivity contribution in [1.29, 1.82) is 0 Å². The van der Waals surface area contributed by atoms with Gasteiger partial charge in [-0.1, -0.05) is 31.6 Å². The van der Waals surface area contributed by atoms with Crippen molar-refractivity contribution in [1.82, 2.24) is 0 Å². The van der Waals surface area contributed by atoms with Gasteiger partial charge in [-0.2, -0.15) is 0 Å². The third-order valence-corrected chi connectivity index (χ3v) is 3.24. The average Bonchev–Trinajstić information content (AvgIpc) is 2.35. The average molecular weight is 246 g/mol. The largest absolute Gasteiger partial charge is 0.465 e. The van der Waals surface area contributed by atoms with Gasteiger partial charge >= 0.3 is 5.97 Å². The molecule has 0 fully saturated rings. The van der Waals surface area contributed by atoms with Crippen molar-refractivity contribution in [3.8, 4) is 0 Å². The third-order valence-electron chi connectivity index (χ3n) is 3.24. The van der Waals surface area contributed by atoms with Crippen LogP contribution in [0.1, 0.15) is 49.5 Å². The Morgan fingerprint density at radius 1 is 1.39 bits per heavy atom. The highest BCUT2D eigenvalue weighted by Gasteiger charge is 2.21. The standard InChI is InChI=1S/C16H22O2/c1-12(2)9-10-16(3,4)14-8-6-7-13(11-14)15(17)18-5/h6-8,11H,1,9-10H2,2-5H3. The smallest absolute Gasteiger partial charge is 0.337 e. The van der Waals surface area contributed by atoms with Gasteiger partial charge in [-0.25, -0.2) is 4.79 Å². The predicted octanol–water partition coefficient (Wildman–Crippen LogP) is 4.11. The monoisotopic (exact) mass is 246 g/mol. The van der Waals surface area contributed by atoms with Gasteiger partial charge in [-0.05, 0) is 42.9 Å². The van der Waals surface area contributed by atoms with Crippen LogP contribution in [0.25, 0.3) is 0 Å². The van der Waals surface area contributed by atoms with Crippen molar-refractivity contribution in [2.75, 3.05) is 7.11 Å². The van der Waals surface area contributed by atoms with Gasteiger partial charge in [0.25, 0.3) is 0 Å². The van der Waals surface area contributed by atoms with E-state index in [1.807, 2.05) is 19.1 Å². The van der Waals surface area contributed by atoms with E-state index in [2.05, 4.69) is 26.5 Å². The molecule has 0 radical (unpaired) electrons. The van der Waals surface area contributed by atoms with Crippen LogP contribution in [0.2, 0.25) is 0 Å². The molecule has 98 valence electrons. The minimum absolute atomic E-state index is 0.0307. The van der Waals surface area contributed by atoms with E-state index in [1.54, 1.807) is 6.07 Å². The molecule has 0 aliphatic carbocycles. The highest BCUT2D eigenvalue weighted by Crippen LogP contribution is 2.30. The molecule has 0 saturated heterocycles. The second-order valence-electron chi connectivity index (χ2n) is 5.41. The van der Waals surface area contributed by atoms with Crippen LogP contribution in [0.3, 0.4) is 0 Å². The van der Waals surface area contributed by atoms with Gasteiger partial charge in [0.15, 0.2) is 0 Å². The van der Waals surface area contributed by atoms with Gasteiger partial charge in [0.2, 0.25) is 0 Å². The summed E-state index contributed by atoms with van der Waals surface area (Å²) in [5.41, 5.74) is 2.99. The molecular formula is C16H22O2. The zero-order chi connectivity index (χ0) is 13.8. The summed E-state index contributed by atoms with van der Waals surface area (Å²) in [6.07, 6.45) is 2.02. The van der Waals surface area contributed by atoms with Crippen LogP contribution < -0.4 is 0 Å². The van der Waals surface area contributed by atoms with Crippen LogP contribution in [0.15, 0.2) is 36.4 Å². The van der Waals surface area contributed by atoms with Crippen molar-refractivity contribution >= 4 is 5.97 Å². The maximum atomic E-state index is 11.5. The highest BCUT2D eigenvalue weighted by atomic mass is 16.5. The number of ether oxygens (including phenoxy) is 1. The summed E-state index contributed by atoms with van der Waals surface area (Å²) in [4.78, 5) is 11.5. The number of allylic oxidation sites excluding steroid dienone is 1. The van der Waals surface area contributed by atoms with Crippen molar-refractivity contribution in [2.45, 2.75) is 39.0 Å². The van der Waals surface area contributed by atoms with Crippen LogP contribution in [-0.4, -0.2) is 13.1 Å². The Morgan fingerprint density at radius 2 is 2.06 bits per heavy atom. The van der Waals surface area contributed by atoms with Gasteiger partial charge in [0.1, 0.15) is 0 Å². The first-order valence-corrected chi connectivity index (χ1v) is 6.20. The molecule has 0 saturated carbocycles. The fourth-order valence-electron chi connectivity index (χ4n) is 1.86. The minimum atomic E-state index is -0.285. The van der Waals surface area contributed by atoms with Crippen LogP contribution in [-0.2, 0) is 10.2 Å². The number of hydrogen-bond donors (Lipinski definition) is 0. The summed E-state index contributed by atoms with van der Waals surface area (Å²) < 4.78 is 4.75. The van der Waals surface area contributed by atoms with Crippen LogP contribution in [0.4, 0.5) is 0 Å². The summed E-state index contributed by atoms with van der Waals surface area (Å²) in [6, 6.07) is 7.67. The number of methoxy groups -OCH3 is 1. The molecule has 0 unspecified atom stereocenters. The van der Waals surface area contributed by atoms with E-state index in [0.29, 0.717) is 5.56 Å². The molecule has 0 aliphatic heterocycles. The lowest BCUT2D eigenvalue weighted by Crippen LogP contribution is -2.18. The lowest BCUT2D eigenvalue weighted by molar-refractivity contribution is 0.0600. The number of benzene rings is 1. The Labute approximate surface area is 110 Å². The van der Waals surface area contributed by atoms with Gasteiger partial charge in [-0.3, -0.25) is 0 Å². The quantitative estimate of drug-likeness (QED) is 0.577. The van der Waals surface area contributed by atoms with E-state index in [-0.39, 0.29) is 11.4 Å². The predicted molar refractivity (Wildman–Crippen MR) is 74.9 cm³/mol. The molecule has 1 aromatic rings. The molecule has 2 heteroatoms. The first-order chi connectivity index (χ1) is 8.36. The van der Waals surface area contributed by atoms with Crippen molar-refractivity contribution in [2.24, 2.45) is 0 Å². The third kappa shape index (κ3) is 3.73. The van der Waals surface area contributed by atoms with Gasteiger partial charge in [0, 0.05) is 0 Å². The van der Waals surface area contributed by atoms with Gasteiger partial charge in [-0.15, -0.1) is 6.58 Å². The first-order valence-electron chi connectivity index (χ1n) is 6.20. The SMILES string of the molecule is C=C(C)CCC(C)(C)c1cccc(C(=O)OC)c1. The van der Waals surface area contributed by atoms with E-state index >= 15 is 0 Å². The Balaban J connectivity index is 2.94. The van der Waals surface area contributed by atoms with E-state index in [4.69, 9.17) is 4.74 Å². The molecule has 0 atom stereocenters. The second-order valence-corrected chi connectivity index (χ2v) is 5.41.